The van der Waals surface area contributed by atoms with Crippen LogP contribution < -0.4 is 0 Å². The molecule has 12 aromatic heterocycles. The van der Waals surface area contributed by atoms with Crippen LogP contribution in [0.25, 0.3) is 281 Å². The van der Waals surface area contributed by atoms with Gasteiger partial charge in [0.05, 0.1) is 78.3 Å². The second-order valence-electron chi connectivity index (χ2n) is 35.7. The van der Waals surface area contributed by atoms with Crippen molar-refractivity contribution in [1.82, 2.24) is 48.2 Å². The molecule has 0 saturated heterocycles. The summed E-state index contributed by atoms with van der Waals surface area (Å²) in [7, 11) is 0. The van der Waals surface area contributed by atoms with Gasteiger partial charge in [0.25, 0.3) is 0 Å². The van der Waals surface area contributed by atoms with E-state index in [1.54, 1.807) is 34.0 Å². The van der Waals surface area contributed by atoms with Crippen molar-refractivity contribution in [2.24, 2.45) is 0 Å². The maximum atomic E-state index is 6.31. The number of fused-ring (bicyclic) bond motifs is 27. The molecule has 12 heterocycles. The molecule has 0 spiro atoms. The molecule has 0 fully saturated rings. The summed E-state index contributed by atoms with van der Waals surface area (Å²) in [4.78, 5) is 34.9. The minimum absolute atomic E-state index is 0.712. The van der Waals surface area contributed by atoms with Crippen LogP contribution in [0.3, 0.4) is 0 Å². The fourth-order valence-electron chi connectivity index (χ4n) is 21.7. The highest BCUT2D eigenvalue weighted by Gasteiger charge is 2.29. The first-order valence-electron chi connectivity index (χ1n) is 47.2. The van der Waals surface area contributed by atoms with E-state index in [1.165, 1.54) is 110 Å². The number of benzene rings is 19. The van der Waals surface area contributed by atoms with E-state index in [-0.39, 0.29) is 0 Å². The second kappa shape index (κ2) is 32.5. The van der Waals surface area contributed by atoms with Gasteiger partial charge < -0.3 is 22.7 Å². The van der Waals surface area contributed by atoms with E-state index in [0.29, 0.717) is 5.82 Å². The number of rotatable bonds is 10. The molecule has 0 N–H and O–H groups in total. The Morgan fingerprint density at radius 3 is 0.879 bits per heavy atom. The van der Waals surface area contributed by atoms with E-state index in [0.717, 1.165) is 165 Å². The smallest absolute Gasteiger partial charge is 0.163 e. The summed E-state index contributed by atoms with van der Waals surface area (Å²) in [6.07, 6.45) is 0. The molecule has 19 aromatic carbocycles. The number of nitrogens with zero attached hydrogens (tertiary/aromatic N) is 10. The molecule has 0 amide bonds. The topological polar surface area (TPSA) is 110 Å². The maximum absolute atomic E-state index is 6.31. The molecule has 0 saturated carbocycles. The van der Waals surface area contributed by atoms with Crippen molar-refractivity contribution >= 4 is 236 Å². The summed E-state index contributed by atoms with van der Waals surface area (Å²) in [6.45, 7) is 0. The van der Waals surface area contributed by atoms with Gasteiger partial charge in [0.2, 0.25) is 0 Å². The zero-order valence-corrected chi connectivity index (χ0v) is 78.5. The highest BCUT2D eigenvalue weighted by molar-refractivity contribution is 7.27. The van der Waals surface area contributed by atoms with E-state index in [1.807, 2.05) is 29.5 Å². The zero-order chi connectivity index (χ0) is 92.4. The lowest BCUT2D eigenvalue weighted by molar-refractivity contribution is 0.669. The fourth-order valence-corrected chi connectivity index (χ4v) is 26.0. The third kappa shape index (κ3) is 12.9. The minimum atomic E-state index is 0.712. The van der Waals surface area contributed by atoms with Crippen LogP contribution >= 0.6 is 45.3 Å². The van der Waals surface area contributed by atoms with Gasteiger partial charge in [0, 0.05) is 160 Å². The Morgan fingerprint density at radius 2 is 0.468 bits per heavy atom. The molecular weight excluding hydrogens is 1800 g/mol. The van der Waals surface area contributed by atoms with Crippen LogP contribution in [0.1, 0.15) is 0 Å². The van der Waals surface area contributed by atoms with Crippen molar-refractivity contribution in [1.29, 1.82) is 0 Å². The molecule has 0 radical (unpaired) electrons. The molecule has 0 aliphatic heterocycles. The van der Waals surface area contributed by atoms with Crippen LogP contribution in [0.15, 0.2) is 453 Å². The largest absolute Gasteiger partial charge is 0.456 e. The van der Waals surface area contributed by atoms with Crippen molar-refractivity contribution in [2.45, 2.75) is 0 Å². The summed E-state index contributed by atoms with van der Waals surface area (Å²) in [5, 5.41) is 21.4. The van der Waals surface area contributed by atoms with Gasteiger partial charge in [-0.05, 0) is 140 Å². The average molecular weight is 1870 g/mol. The second-order valence-corrected chi connectivity index (χ2v) is 39.9. The molecule has 31 rings (SSSR count). The number of aromatic nitrogens is 10. The third-order valence-corrected chi connectivity index (χ3v) is 32.2. The number of hydrogen-bond donors (Lipinski definition) is 0. The van der Waals surface area contributed by atoms with Crippen LogP contribution in [0, 0.1) is 0 Å². The summed E-state index contributed by atoms with van der Waals surface area (Å²) in [5.41, 5.74) is 24.5. The summed E-state index contributed by atoms with van der Waals surface area (Å²) < 4.78 is 22.2. The Bertz CT molecular complexity index is 10200. The number of para-hydroxylation sites is 9. The van der Waals surface area contributed by atoms with Gasteiger partial charge in [-0.1, -0.05) is 309 Å². The number of thiophene rings is 4. The lowest BCUT2D eigenvalue weighted by atomic mass is 10.1. The van der Waals surface area contributed by atoms with Crippen molar-refractivity contribution in [3.05, 3.63) is 449 Å². The Kier molecular flexibility index (Phi) is 18.6. The molecule has 0 aliphatic rings. The predicted molar refractivity (Wildman–Crippen MR) is 595 cm³/mol. The van der Waals surface area contributed by atoms with Crippen LogP contribution in [-0.2, 0) is 0 Å². The van der Waals surface area contributed by atoms with E-state index in [9.17, 15) is 0 Å². The van der Waals surface area contributed by atoms with Gasteiger partial charge in [-0.15, -0.1) is 45.3 Å². The van der Waals surface area contributed by atoms with Gasteiger partial charge in [-0.25, -0.2) is 29.9 Å². The molecule has 0 unspecified atom stereocenters. The SMILES string of the molecule is c1ccc(-c2nc(-c3ccccc3-n3c4ccccc4c4cc5c(cc43)c3ccccc3n5-c3ccccc3)nc3sc4ccccc4c23)cc1.c1ccc(-c2nc(-c3ccccc3-n3c4ccccc4c4cc5oc6ccccc6c5cc43)nc3sc4ccccc4c23)cc1.c1ccc(-c2nc(-c3ccccc3-n3c4ccccc4c4cc5sc6ccccc6c5cc43)nc3sc4ccccc4c23)cc1. The van der Waals surface area contributed by atoms with E-state index in [2.05, 4.69) is 449 Å². The lowest BCUT2D eigenvalue weighted by Crippen LogP contribution is -2.00. The van der Waals surface area contributed by atoms with Crippen molar-refractivity contribution in [2.75, 3.05) is 0 Å². The minimum Gasteiger partial charge on any atom is -0.456 e. The molecular formula is C126H74N10OS4. The highest BCUT2D eigenvalue weighted by Crippen LogP contribution is 2.50. The zero-order valence-electron chi connectivity index (χ0n) is 75.2. The molecule has 0 atom stereocenters. The maximum Gasteiger partial charge on any atom is 0.163 e. The molecule has 11 nitrogen and oxygen atoms in total. The Morgan fingerprint density at radius 1 is 0.177 bits per heavy atom. The molecule has 0 bridgehead atoms. The average Bonchev–Trinajstić information content (AvgIpc) is 1.56. The normalized spacial score (nSPS) is 12.0. The van der Waals surface area contributed by atoms with Crippen LogP contribution in [-0.4, -0.2) is 48.2 Å². The molecule has 15 heteroatoms. The summed E-state index contributed by atoms with van der Waals surface area (Å²) in [5.74, 6) is 2.16. The molecule has 658 valence electrons. The van der Waals surface area contributed by atoms with Gasteiger partial charge in [0.15, 0.2) is 17.5 Å². The van der Waals surface area contributed by atoms with E-state index >= 15 is 0 Å². The van der Waals surface area contributed by atoms with Crippen LogP contribution in [0.5, 0.6) is 0 Å². The number of hydrogen-bond acceptors (Lipinski definition) is 11. The Hall–Kier alpha value is -17.7. The predicted octanol–water partition coefficient (Wildman–Crippen LogP) is 35.2. The van der Waals surface area contributed by atoms with Crippen molar-refractivity contribution < 1.29 is 4.42 Å². The first kappa shape index (κ1) is 80.6. The van der Waals surface area contributed by atoms with Crippen LogP contribution in [0.4, 0.5) is 0 Å². The summed E-state index contributed by atoms with van der Waals surface area (Å²) >= 11 is 7.05. The molecule has 141 heavy (non-hydrogen) atoms. The fraction of sp³-hybridized carbons (Fsp3) is 0. The number of furan rings is 1. The molecule has 31 aromatic rings. The molecule has 0 aliphatic carbocycles. The summed E-state index contributed by atoms with van der Waals surface area (Å²) in [6, 6.07) is 159. The first-order chi connectivity index (χ1) is 69.9. The van der Waals surface area contributed by atoms with Gasteiger partial charge in [0.1, 0.15) is 25.7 Å². The highest BCUT2D eigenvalue weighted by atomic mass is 32.1. The quantitative estimate of drug-likeness (QED) is 0.134. The van der Waals surface area contributed by atoms with Crippen molar-refractivity contribution in [3.8, 4) is 90.7 Å². The monoisotopic (exact) mass is 1870 g/mol. The third-order valence-electron chi connectivity index (χ3n) is 27.8. The standard InChI is InChI=1S/C46H28N4S.C40H23N3OS.C40H23N3S2/c1-3-15-29(16-4-1)44-43-34-22-10-14-26-42(34)51-46(43)48-45(47-44)33-21-9-13-25-39(33)50-38-24-12-8-20-32(38)36-27-40-35(28-41(36)50)31-19-7-11-23-37(31)49(40)30-17-5-2-6-18-30;1-2-12-24(13-3-1)38-37-28-17-7-11-21-36(28)45-40(37)42-39(41-38)27-16-5-9-19-32(27)43-31-18-8-4-14-25(31)29-23-35-30(22-33(29)43)26-15-6-10-20-34(26)44-35;1-2-12-24(13-3-1)38-37-28-17-7-11-21-35(28)45-40(37)42-39(41-38)27-16-5-9-19-32(27)43-31-18-8-4-14-25(31)29-23-36-30(22-33(29)43)26-15-6-10-20-34(26)44-36/h1-28H;2*1-23H. The van der Waals surface area contributed by atoms with Crippen LogP contribution in [0.2, 0.25) is 0 Å². The van der Waals surface area contributed by atoms with Gasteiger partial charge in [-0.3, -0.25) is 0 Å². The van der Waals surface area contributed by atoms with Gasteiger partial charge in [-0.2, -0.15) is 0 Å². The first-order valence-corrected chi connectivity index (χ1v) is 50.5. The Labute approximate surface area is 821 Å². The van der Waals surface area contributed by atoms with Gasteiger partial charge >= 0.3 is 0 Å². The lowest BCUT2D eigenvalue weighted by Gasteiger charge is -2.14. The van der Waals surface area contributed by atoms with E-state index in [4.69, 9.17) is 34.3 Å². The Balaban J connectivity index is 0.000000102. The van der Waals surface area contributed by atoms with Crippen molar-refractivity contribution in [3.63, 3.8) is 0 Å². The van der Waals surface area contributed by atoms with E-state index < -0.39 is 0 Å².